The molecule has 2 amide bonds. The molecule has 1 fully saturated rings. The molecule has 0 saturated carbocycles. The standard InChI is InChI=1S/C29H32N2O3S/c1-28(2)20-29(17-19-34-28,21-12-14-22(33-3)15-13-21)16-18-30-27(32)31-23-8-4-6-10-25(23)35-26-11-7-5-9-24(26)31/h4-15H,16-20H2,1-3H3,(H,30,32). The van der Waals surface area contributed by atoms with Gasteiger partial charge in [0.1, 0.15) is 5.75 Å². The summed E-state index contributed by atoms with van der Waals surface area (Å²) in [7, 11) is 1.69. The van der Waals surface area contributed by atoms with Crippen LogP contribution in [0.15, 0.2) is 82.6 Å². The smallest absolute Gasteiger partial charge is 0.326 e. The predicted molar refractivity (Wildman–Crippen MR) is 141 cm³/mol. The molecule has 182 valence electrons. The van der Waals surface area contributed by atoms with Crippen LogP contribution < -0.4 is 15.0 Å². The van der Waals surface area contributed by atoms with E-state index in [0.29, 0.717) is 13.2 Å². The summed E-state index contributed by atoms with van der Waals surface area (Å²) in [6.07, 6.45) is 2.66. The second-order valence-electron chi connectivity index (χ2n) is 9.90. The highest BCUT2D eigenvalue weighted by Crippen LogP contribution is 2.48. The van der Waals surface area contributed by atoms with Crippen LogP contribution in [-0.4, -0.2) is 31.9 Å². The number of carbonyl (C=O) groups is 1. The number of para-hydroxylation sites is 2. The summed E-state index contributed by atoms with van der Waals surface area (Å²) >= 11 is 1.70. The quantitative estimate of drug-likeness (QED) is 0.423. The minimum absolute atomic E-state index is 0.0745. The third-order valence-corrected chi connectivity index (χ3v) is 8.19. The SMILES string of the molecule is COc1ccc(C2(CCNC(=O)N3c4ccccc4Sc4ccccc43)CCOC(C)(C)C2)cc1. The normalized spacial score (nSPS) is 20.5. The van der Waals surface area contributed by atoms with Crippen LogP contribution in [0, 0.1) is 0 Å². The third kappa shape index (κ3) is 4.78. The lowest BCUT2D eigenvalue weighted by Crippen LogP contribution is -2.46. The molecule has 2 heterocycles. The molecule has 3 aromatic carbocycles. The molecule has 0 bridgehead atoms. The topological polar surface area (TPSA) is 50.8 Å². The molecule has 1 unspecified atom stereocenters. The number of amides is 2. The van der Waals surface area contributed by atoms with Crippen LogP contribution in [0.25, 0.3) is 0 Å². The van der Waals surface area contributed by atoms with E-state index in [2.05, 4.69) is 43.4 Å². The predicted octanol–water partition coefficient (Wildman–Crippen LogP) is 6.92. The number of methoxy groups -OCH3 is 1. The first kappa shape index (κ1) is 23.8. The Morgan fingerprint density at radius 3 is 2.23 bits per heavy atom. The molecule has 2 aliphatic heterocycles. The van der Waals surface area contributed by atoms with Crippen molar-refractivity contribution >= 4 is 29.2 Å². The van der Waals surface area contributed by atoms with E-state index in [4.69, 9.17) is 9.47 Å². The van der Waals surface area contributed by atoms with Crippen LogP contribution in [0.1, 0.15) is 38.7 Å². The van der Waals surface area contributed by atoms with Gasteiger partial charge in [0.2, 0.25) is 0 Å². The molecule has 1 atom stereocenters. The monoisotopic (exact) mass is 488 g/mol. The van der Waals surface area contributed by atoms with Crippen LogP contribution in [0.2, 0.25) is 0 Å². The summed E-state index contributed by atoms with van der Waals surface area (Å²) in [5, 5.41) is 3.24. The van der Waals surface area contributed by atoms with Gasteiger partial charge < -0.3 is 14.8 Å². The average Bonchev–Trinajstić information content (AvgIpc) is 2.86. The van der Waals surface area contributed by atoms with E-state index < -0.39 is 0 Å². The zero-order valence-corrected chi connectivity index (χ0v) is 21.4. The van der Waals surface area contributed by atoms with Gasteiger partial charge in [-0.1, -0.05) is 48.2 Å². The highest BCUT2D eigenvalue weighted by atomic mass is 32.2. The molecule has 1 saturated heterocycles. The molecule has 0 aliphatic carbocycles. The van der Waals surface area contributed by atoms with E-state index in [1.165, 1.54) is 5.56 Å². The fourth-order valence-electron chi connectivity index (χ4n) is 5.44. The number of fused-ring (bicyclic) bond motifs is 2. The molecule has 0 aromatic heterocycles. The van der Waals surface area contributed by atoms with Gasteiger partial charge in [-0.25, -0.2) is 4.79 Å². The van der Waals surface area contributed by atoms with Gasteiger partial charge in [-0.2, -0.15) is 0 Å². The Bertz CT molecular complexity index is 1170. The maximum atomic E-state index is 13.6. The second-order valence-corrected chi connectivity index (χ2v) is 11.0. The Labute approximate surface area is 211 Å². The van der Waals surface area contributed by atoms with E-state index in [0.717, 1.165) is 46.2 Å². The number of anilines is 2. The number of rotatable bonds is 5. The number of hydrogen-bond acceptors (Lipinski definition) is 4. The molecule has 3 aromatic rings. The van der Waals surface area contributed by atoms with Crippen molar-refractivity contribution in [1.82, 2.24) is 5.32 Å². The molecule has 6 heteroatoms. The first-order valence-corrected chi connectivity index (χ1v) is 12.9. The summed E-state index contributed by atoms with van der Waals surface area (Å²) in [6, 6.07) is 24.4. The molecular formula is C29H32N2O3S. The summed E-state index contributed by atoms with van der Waals surface area (Å²) in [5.74, 6) is 0.851. The number of hydrogen-bond donors (Lipinski definition) is 1. The van der Waals surface area contributed by atoms with Crippen molar-refractivity contribution in [2.75, 3.05) is 25.2 Å². The lowest BCUT2D eigenvalue weighted by molar-refractivity contribution is -0.0838. The maximum absolute atomic E-state index is 13.6. The van der Waals surface area contributed by atoms with Crippen molar-refractivity contribution in [3.63, 3.8) is 0 Å². The zero-order valence-electron chi connectivity index (χ0n) is 20.5. The van der Waals surface area contributed by atoms with E-state index in [-0.39, 0.29) is 17.0 Å². The summed E-state index contributed by atoms with van der Waals surface area (Å²) in [4.78, 5) is 17.6. The largest absolute Gasteiger partial charge is 0.497 e. The van der Waals surface area contributed by atoms with Crippen molar-refractivity contribution in [3.8, 4) is 5.75 Å². The number of urea groups is 1. The lowest BCUT2D eigenvalue weighted by Gasteiger charge is -2.45. The van der Waals surface area contributed by atoms with Gasteiger partial charge in [-0.15, -0.1) is 0 Å². The Kier molecular flexibility index (Phi) is 6.51. The molecule has 0 radical (unpaired) electrons. The maximum Gasteiger partial charge on any atom is 0.326 e. The Morgan fingerprint density at radius 1 is 1.00 bits per heavy atom. The summed E-state index contributed by atoms with van der Waals surface area (Å²) < 4.78 is 11.4. The van der Waals surface area contributed by atoms with Gasteiger partial charge in [-0.05, 0) is 75.1 Å². The van der Waals surface area contributed by atoms with Gasteiger partial charge in [0, 0.05) is 28.4 Å². The summed E-state index contributed by atoms with van der Waals surface area (Å²) in [6.45, 7) is 5.59. The minimum Gasteiger partial charge on any atom is -0.497 e. The van der Waals surface area contributed by atoms with E-state index in [9.17, 15) is 4.79 Å². The van der Waals surface area contributed by atoms with Crippen molar-refractivity contribution < 1.29 is 14.3 Å². The second kappa shape index (κ2) is 9.59. The Hall–Kier alpha value is -2.96. The molecule has 2 aliphatic rings. The average molecular weight is 489 g/mol. The van der Waals surface area contributed by atoms with Gasteiger partial charge >= 0.3 is 6.03 Å². The minimum atomic E-state index is -0.218. The Balaban J connectivity index is 1.37. The van der Waals surface area contributed by atoms with Gasteiger partial charge in [0.05, 0.1) is 24.1 Å². The number of nitrogens with zero attached hydrogens (tertiary/aromatic N) is 1. The number of carbonyl (C=O) groups excluding carboxylic acids is 1. The van der Waals surface area contributed by atoms with Crippen LogP contribution in [0.5, 0.6) is 5.75 Å². The molecule has 5 nitrogen and oxygen atoms in total. The zero-order chi connectivity index (χ0) is 24.5. The molecule has 0 spiro atoms. The van der Waals surface area contributed by atoms with Crippen LogP contribution in [-0.2, 0) is 10.2 Å². The van der Waals surface area contributed by atoms with Crippen LogP contribution in [0.3, 0.4) is 0 Å². The van der Waals surface area contributed by atoms with Crippen LogP contribution in [0.4, 0.5) is 16.2 Å². The highest BCUT2D eigenvalue weighted by molar-refractivity contribution is 7.99. The molecule has 5 rings (SSSR count). The van der Waals surface area contributed by atoms with E-state index in [1.807, 2.05) is 53.4 Å². The summed E-state index contributed by atoms with van der Waals surface area (Å²) in [5.41, 5.74) is 2.82. The first-order valence-electron chi connectivity index (χ1n) is 12.1. The third-order valence-electron chi connectivity index (χ3n) is 7.06. The van der Waals surface area contributed by atoms with E-state index in [1.54, 1.807) is 18.9 Å². The molecule has 35 heavy (non-hydrogen) atoms. The molecular weight excluding hydrogens is 456 g/mol. The van der Waals surface area contributed by atoms with Crippen LogP contribution >= 0.6 is 11.8 Å². The highest BCUT2D eigenvalue weighted by Gasteiger charge is 2.42. The van der Waals surface area contributed by atoms with Crippen molar-refractivity contribution in [1.29, 1.82) is 0 Å². The van der Waals surface area contributed by atoms with E-state index >= 15 is 0 Å². The lowest BCUT2D eigenvalue weighted by atomic mass is 9.67. The number of benzene rings is 3. The molecule has 1 N–H and O–H groups in total. The van der Waals surface area contributed by atoms with Crippen molar-refractivity contribution in [3.05, 3.63) is 78.4 Å². The fraction of sp³-hybridized carbons (Fsp3) is 0.345. The van der Waals surface area contributed by atoms with Gasteiger partial charge in [0.15, 0.2) is 0 Å². The fourth-order valence-corrected chi connectivity index (χ4v) is 6.49. The van der Waals surface area contributed by atoms with Gasteiger partial charge in [-0.3, -0.25) is 4.90 Å². The van der Waals surface area contributed by atoms with Gasteiger partial charge in [0.25, 0.3) is 0 Å². The van der Waals surface area contributed by atoms with Crippen molar-refractivity contribution in [2.24, 2.45) is 0 Å². The number of ether oxygens (including phenoxy) is 2. The first-order chi connectivity index (χ1) is 16.9. The Morgan fingerprint density at radius 2 is 1.63 bits per heavy atom. The number of nitrogens with one attached hydrogen (secondary N) is 1. The van der Waals surface area contributed by atoms with Crippen molar-refractivity contribution in [2.45, 2.75) is 53.9 Å².